The molecule has 6 nitrogen and oxygen atoms in total. The minimum Gasteiger partial charge on any atom is -0.416 e. The first kappa shape index (κ1) is 20.4. The number of hydrogen-bond donors (Lipinski definition) is 2. The Hall–Kier alpha value is -2.37. The van der Waals surface area contributed by atoms with E-state index in [0.29, 0.717) is 19.3 Å². The molecule has 0 saturated carbocycles. The Kier molecular flexibility index (Phi) is 5.26. The molecule has 0 amide bonds. The number of alkyl halides is 6. The number of hydrogen-bond acceptors (Lipinski definition) is 6. The highest BCUT2D eigenvalue weighted by Crippen LogP contribution is 2.43. The Labute approximate surface area is 155 Å². The van der Waals surface area contributed by atoms with Crippen LogP contribution in [-0.4, -0.2) is 33.0 Å². The van der Waals surface area contributed by atoms with Gasteiger partial charge in [-0.1, -0.05) is 12.8 Å². The average Bonchev–Trinajstić information content (AvgIpc) is 3.08. The largest absolute Gasteiger partial charge is 0.426 e. The summed E-state index contributed by atoms with van der Waals surface area (Å²) in [6, 6.07) is 1.65. The van der Waals surface area contributed by atoms with Gasteiger partial charge >= 0.3 is 12.4 Å². The molecule has 0 saturated heterocycles. The van der Waals surface area contributed by atoms with Crippen molar-refractivity contribution in [1.29, 1.82) is 0 Å². The lowest BCUT2D eigenvalue weighted by Gasteiger charge is -2.26. The summed E-state index contributed by atoms with van der Waals surface area (Å²) < 4.78 is 84.8. The van der Waals surface area contributed by atoms with E-state index in [1.54, 1.807) is 0 Å². The van der Waals surface area contributed by atoms with Crippen LogP contribution < -0.4 is 5.32 Å². The second-order valence-electron chi connectivity index (χ2n) is 6.45. The van der Waals surface area contributed by atoms with Crippen LogP contribution in [0.3, 0.4) is 0 Å². The molecule has 2 aromatic rings. The lowest BCUT2D eigenvalue weighted by Crippen LogP contribution is -2.42. The molecule has 0 aliphatic carbocycles. The van der Waals surface area contributed by atoms with E-state index in [1.165, 1.54) is 0 Å². The first-order valence-electron chi connectivity index (χ1n) is 8.48. The monoisotopic (exact) mass is 410 g/mol. The van der Waals surface area contributed by atoms with E-state index in [2.05, 4.69) is 20.5 Å². The summed E-state index contributed by atoms with van der Waals surface area (Å²) in [5.41, 5.74) is -4.60. The van der Waals surface area contributed by atoms with Gasteiger partial charge in [0.15, 0.2) is 0 Å². The predicted octanol–water partition coefficient (Wildman–Crippen LogP) is 4.28. The lowest BCUT2D eigenvalue weighted by molar-refractivity contribution is -0.277. The lowest BCUT2D eigenvalue weighted by atomic mass is 9.95. The molecule has 2 aromatic heterocycles. The number of aromatic nitrogens is 3. The number of pyridine rings is 1. The molecule has 3 rings (SSSR count). The van der Waals surface area contributed by atoms with Crippen LogP contribution in [0.2, 0.25) is 0 Å². The molecule has 4 bridgehead atoms. The molecule has 0 radical (unpaired) electrons. The fourth-order valence-electron chi connectivity index (χ4n) is 2.87. The SMILES string of the molecule is OC1(C(F)(F)F)CCCCCCNc2nc(ccc2C(F)(F)F)-c2nnc1o2. The number of rotatable bonds is 0. The van der Waals surface area contributed by atoms with E-state index >= 15 is 0 Å². The summed E-state index contributed by atoms with van der Waals surface area (Å²) >= 11 is 0. The van der Waals surface area contributed by atoms with Crippen LogP contribution in [0.5, 0.6) is 0 Å². The molecule has 0 spiro atoms. The fraction of sp³-hybridized carbons (Fsp3) is 0.562. The standard InChI is InChI=1S/C16H16F6N4O2/c17-15(18,19)9-5-6-10-12-25-26-13(28-12)14(27,16(20,21)22)7-3-1-2-4-8-23-11(9)24-10/h5-6,27H,1-4,7-8H2,(H,23,24). The van der Waals surface area contributed by atoms with Crippen molar-refractivity contribution in [2.45, 2.75) is 50.1 Å². The molecule has 0 aromatic carbocycles. The summed E-state index contributed by atoms with van der Waals surface area (Å²) in [7, 11) is 0. The number of halogens is 6. The van der Waals surface area contributed by atoms with E-state index in [0.717, 1.165) is 12.1 Å². The van der Waals surface area contributed by atoms with Gasteiger partial charge in [0.2, 0.25) is 5.60 Å². The maximum absolute atomic E-state index is 13.4. The van der Waals surface area contributed by atoms with Gasteiger partial charge in [0.25, 0.3) is 11.8 Å². The van der Waals surface area contributed by atoms with Crippen LogP contribution in [0.15, 0.2) is 16.5 Å². The molecule has 1 unspecified atom stereocenters. The molecule has 3 heterocycles. The van der Waals surface area contributed by atoms with Gasteiger partial charge in [-0.05, 0) is 31.4 Å². The summed E-state index contributed by atoms with van der Waals surface area (Å²) in [6.45, 7) is 0.151. The molecule has 1 aliphatic rings. The van der Waals surface area contributed by atoms with Gasteiger partial charge in [0.05, 0.1) is 5.56 Å². The Morgan fingerprint density at radius 2 is 1.71 bits per heavy atom. The zero-order chi connectivity index (χ0) is 20.6. The van der Waals surface area contributed by atoms with Crippen LogP contribution in [0.1, 0.15) is 43.6 Å². The first-order chi connectivity index (χ1) is 13.0. The van der Waals surface area contributed by atoms with Crippen LogP contribution in [0.25, 0.3) is 11.6 Å². The van der Waals surface area contributed by atoms with Crippen molar-refractivity contribution in [3.8, 4) is 11.6 Å². The quantitative estimate of drug-likeness (QED) is 0.631. The van der Waals surface area contributed by atoms with Crippen molar-refractivity contribution in [3.05, 3.63) is 23.6 Å². The van der Waals surface area contributed by atoms with Crippen LogP contribution in [0.4, 0.5) is 32.2 Å². The third kappa shape index (κ3) is 3.91. The Morgan fingerprint density at radius 3 is 2.39 bits per heavy atom. The highest BCUT2D eigenvalue weighted by molar-refractivity contribution is 5.56. The van der Waals surface area contributed by atoms with Gasteiger partial charge in [-0.15, -0.1) is 10.2 Å². The van der Waals surface area contributed by atoms with Crippen molar-refractivity contribution in [1.82, 2.24) is 15.2 Å². The van der Waals surface area contributed by atoms with E-state index in [9.17, 15) is 31.4 Å². The Balaban J connectivity index is 2.08. The van der Waals surface area contributed by atoms with Gasteiger partial charge in [0.1, 0.15) is 11.5 Å². The summed E-state index contributed by atoms with van der Waals surface area (Å²) in [5.74, 6) is -2.07. The van der Waals surface area contributed by atoms with E-state index in [1.807, 2.05) is 0 Å². The molecule has 1 aliphatic heterocycles. The van der Waals surface area contributed by atoms with Crippen molar-refractivity contribution in [3.63, 3.8) is 0 Å². The summed E-state index contributed by atoms with van der Waals surface area (Å²) in [5, 5.41) is 19.5. The number of anilines is 1. The summed E-state index contributed by atoms with van der Waals surface area (Å²) in [6.07, 6.45) is -9.17. The zero-order valence-corrected chi connectivity index (χ0v) is 14.4. The molecule has 28 heavy (non-hydrogen) atoms. The predicted molar refractivity (Wildman–Crippen MR) is 84.1 cm³/mol. The second-order valence-corrected chi connectivity index (χ2v) is 6.45. The first-order valence-corrected chi connectivity index (χ1v) is 8.48. The maximum Gasteiger partial charge on any atom is 0.426 e. The minimum atomic E-state index is -5.06. The topological polar surface area (TPSA) is 84.1 Å². The Bertz CT molecular complexity index is 835. The fourth-order valence-corrected chi connectivity index (χ4v) is 2.87. The molecule has 12 heteroatoms. The average molecular weight is 410 g/mol. The smallest absolute Gasteiger partial charge is 0.416 e. The second kappa shape index (κ2) is 7.22. The van der Waals surface area contributed by atoms with E-state index in [4.69, 9.17) is 4.42 Å². The number of nitrogens with zero attached hydrogens (tertiary/aromatic N) is 3. The molecular formula is C16H16F6N4O2. The molecular weight excluding hydrogens is 394 g/mol. The van der Waals surface area contributed by atoms with Gasteiger partial charge in [-0.25, -0.2) is 4.98 Å². The van der Waals surface area contributed by atoms with Crippen molar-refractivity contribution < 1.29 is 35.9 Å². The number of aliphatic hydroxyl groups is 1. The summed E-state index contributed by atoms with van der Waals surface area (Å²) in [4.78, 5) is 3.79. The highest BCUT2D eigenvalue weighted by atomic mass is 19.4. The Morgan fingerprint density at radius 1 is 1.00 bits per heavy atom. The van der Waals surface area contributed by atoms with Crippen LogP contribution in [-0.2, 0) is 11.8 Å². The third-order valence-corrected chi connectivity index (χ3v) is 4.43. The van der Waals surface area contributed by atoms with E-state index < -0.39 is 47.5 Å². The number of nitrogens with one attached hydrogen (secondary N) is 1. The van der Waals surface area contributed by atoms with Crippen molar-refractivity contribution in [2.24, 2.45) is 0 Å². The van der Waals surface area contributed by atoms with E-state index in [-0.39, 0.29) is 18.7 Å². The third-order valence-electron chi connectivity index (χ3n) is 4.43. The van der Waals surface area contributed by atoms with Crippen molar-refractivity contribution >= 4 is 5.82 Å². The van der Waals surface area contributed by atoms with Crippen LogP contribution in [0, 0.1) is 0 Å². The minimum absolute atomic E-state index is 0.0189. The molecule has 0 fully saturated rings. The van der Waals surface area contributed by atoms with Gasteiger partial charge < -0.3 is 14.8 Å². The molecule has 1 atom stereocenters. The highest BCUT2D eigenvalue weighted by Gasteiger charge is 2.58. The van der Waals surface area contributed by atoms with Gasteiger partial charge in [-0.3, -0.25) is 0 Å². The van der Waals surface area contributed by atoms with Crippen molar-refractivity contribution in [2.75, 3.05) is 11.9 Å². The maximum atomic E-state index is 13.4. The molecule has 154 valence electrons. The number of fused-ring (bicyclic) bond motifs is 5. The normalized spacial score (nSPS) is 21.7. The van der Waals surface area contributed by atoms with Gasteiger partial charge in [-0.2, -0.15) is 26.3 Å². The zero-order valence-electron chi connectivity index (χ0n) is 14.4. The van der Waals surface area contributed by atoms with Gasteiger partial charge in [0, 0.05) is 6.54 Å². The van der Waals surface area contributed by atoms with Crippen LogP contribution >= 0.6 is 0 Å². The molecule has 2 N–H and O–H groups in total.